The van der Waals surface area contributed by atoms with Gasteiger partial charge in [0.05, 0.1) is 18.1 Å². The Labute approximate surface area is 115 Å². The lowest BCUT2D eigenvalue weighted by molar-refractivity contribution is -0.145. The number of anilines is 1. The van der Waals surface area contributed by atoms with Crippen molar-refractivity contribution in [3.8, 4) is 0 Å². The summed E-state index contributed by atoms with van der Waals surface area (Å²) >= 11 is 9.31. The molecule has 0 aromatic heterocycles. The highest BCUT2D eigenvalue weighted by atomic mass is 79.9. The van der Waals surface area contributed by atoms with Crippen molar-refractivity contribution in [1.29, 1.82) is 0 Å². The van der Waals surface area contributed by atoms with Crippen molar-refractivity contribution in [1.82, 2.24) is 0 Å². The lowest BCUT2D eigenvalue weighted by Gasteiger charge is -2.20. The van der Waals surface area contributed by atoms with Crippen molar-refractivity contribution in [2.45, 2.75) is 19.9 Å². The number of esters is 1. The molecule has 3 nitrogen and oxygen atoms in total. The Morgan fingerprint density at radius 3 is 2.65 bits per heavy atom. The number of ether oxygens (including phenoxy) is 1. The Balaban J connectivity index is 2.70. The van der Waals surface area contributed by atoms with Crippen molar-refractivity contribution < 1.29 is 9.53 Å². The van der Waals surface area contributed by atoms with E-state index in [4.69, 9.17) is 16.3 Å². The van der Waals surface area contributed by atoms with Crippen LogP contribution >= 0.6 is 27.5 Å². The Kier molecular flexibility index (Phi) is 5.28. The standard InChI is InChI=1S/C12H15BrClNO2/c1-7(12(16)17-3)8(2)15-9-4-5-10(13)11(14)6-9/h4-8,15H,1-3H3. The molecule has 0 bridgehead atoms. The van der Waals surface area contributed by atoms with Gasteiger partial charge in [0.25, 0.3) is 0 Å². The van der Waals surface area contributed by atoms with E-state index in [1.165, 1.54) is 7.11 Å². The van der Waals surface area contributed by atoms with Gasteiger partial charge in [0.2, 0.25) is 0 Å². The molecule has 0 heterocycles. The molecule has 0 amide bonds. The average Bonchev–Trinajstić information content (AvgIpc) is 2.31. The fraction of sp³-hybridized carbons (Fsp3) is 0.417. The third-order valence-electron chi connectivity index (χ3n) is 2.64. The van der Waals surface area contributed by atoms with Crippen LogP contribution in [0.2, 0.25) is 5.02 Å². The van der Waals surface area contributed by atoms with Crippen LogP contribution in [0.1, 0.15) is 13.8 Å². The molecule has 0 aliphatic carbocycles. The molecule has 1 aromatic carbocycles. The predicted molar refractivity (Wildman–Crippen MR) is 73.4 cm³/mol. The molecule has 0 saturated heterocycles. The quantitative estimate of drug-likeness (QED) is 0.859. The lowest BCUT2D eigenvalue weighted by atomic mass is 10.0. The van der Waals surface area contributed by atoms with E-state index >= 15 is 0 Å². The van der Waals surface area contributed by atoms with Crippen molar-refractivity contribution in [2.75, 3.05) is 12.4 Å². The second kappa shape index (κ2) is 6.26. The molecule has 0 fully saturated rings. The third-order valence-corrected chi connectivity index (χ3v) is 3.87. The van der Waals surface area contributed by atoms with Crippen molar-refractivity contribution in [2.24, 2.45) is 5.92 Å². The molecule has 0 aliphatic rings. The molecule has 0 spiro atoms. The zero-order chi connectivity index (χ0) is 13.0. The van der Waals surface area contributed by atoms with Crippen LogP contribution in [0, 0.1) is 5.92 Å². The molecular formula is C12H15BrClNO2. The Morgan fingerprint density at radius 2 is 2.12 bits per heavy atom. The van der Waals surface area contributed by atoms with E-state index in [0.29, 0.717) is 5.02 Å². The highest BCUT2D eigenvalue weighted by Crippen LogP contribution is 2.26. The van der Waals surface area contributed by atoms with E-state index in [-0.39, 0.29) is 17.9 Å². The van der Waals surface area contributed by atoms with Crippen LogP contribution in [0.15, 0.2) is 22.7 Å². The molecule has 5 heteroatoms. The van der Waals surface area contributed by atoms with Gasteiger partial charge in [-0.3, -0.25) is 4.79 Å². The predicted octanol–water partition coefficient (Wildman–Crippen LogP) is 3.71. The molecule has 1 rings (SSSR count). The summed E-state index contributed by atoms with van der Waals surface area (Å²) in [6, 6.07) is 5.54. The van der Waals surface area contributed by atoms with Gasteiger partial charge in [0, 0.05) is 16.2 Å². The van der Waals surface area contributed by atoms with Crippen LogP contribution in [0.4, 0.5) is 5.69 Å². The van der Waals surface area contributed by atoms with Gasteiger partial charge in [0.1, 0.15) is 0 Å². The molecular weight excluding hydrogens is 305 g/mol. The van der Waals surface area contributed by atoms with E-state index in [1.807, 2.05) is 32.0 Å². The molecule has 17 heavy (non-hydrogen) atoms. The molecule has 1 aromatic rings. The number of halogens is 2. The summed E-state index contributed by atoms with van der Waals surface area (Å²) in [6.45, 7) is 3.75. The number of hydrogen-bond donors (Lipinski definition) is 1. The smallest absolute Gasteiger partial charge is 0.310 e. The first-order valence-corrected chi connectivity index (χ1v) is 6.42. The minimum absolute atomic E-state index is 0.0281. The van der Waals surface area contributed by atoms with E-state index in [0.717, 1.165) is 10.2 Å². The van der Waals surface area contributed by atoms with Crippen LogP contribution in [-0.2, 0) is 9.53 Å². The number of rotatable bonds is 4. The summed E-state index contributed by atoms with van der Waals surface area (Å²) < 4.78 is 5.55. The average molecular weight is 321 g/mol. The van der Waals surface area contributed by atoms with Crippen LogP contribution in [0.3, 0.4) is 0 Å². The third kappa shape index (κ3) is 3.89. The number of nitrogens with one attached hydrogen (secondary N) is 1. The summed E-state index contributed by atoms with van der Waals surface area (Å²) in [5.74, 6) is -0.448. The summed E-state index contributed by atoms with van der Waals surface area (Å²) in [5, 5.41) is 3.85. The molecule has 2 atom stereocenters. The topological polar surface area (TPSA) is 38.3 Å². The largest absolute Gasteiger partial charge is 0.469 e. The van der Waals surface area contributed by atoms with Crippen LogP contribution in [0.5, 0.6) is 0 Å². The van der Waals surface area contributed by atoms with Crippen LogP contribution < -0.4 is 5.32 Å². The molecule has 1 N–H and O–H groups in total. The Bertz CT molecular complexity index is 411. The van der Waals surface area contributed by atoms with Gasteiger partial charge in [-0.15, -0.1) is 0 Å². The highest BCUT2D eigenvalue weighted by molar-refractivity contribution is 9.10. The fourth-order valence-corrected chi connectivity index (χ4v) is 1.79. The van der Waals surface area contributed by atoms with E-state index < -0.39 is 0 Å². The number of carbonyl (C=O) groups excluding carboxylic acids is 1. The van der Waals surface area contributed by atoms with Gasteiger partial charge in [0.15, 0.2) is 0 Å². The van der Waals surface area contributed by atoms with E-state index in [9.17, 15) is 4.79 Å². The van der Waals surface area contributed by atoms with E-state index in [2.05, 4.69) is 21.2 Å². The first kappa shape index (κ1) is 14.3. The van der Waals surface area contributed by atoms with Gasteiger partial charge in [-0.05, 0) is 48.0 Å². The minimum Gasteiger partial charge on any atom is -0.469 e. The second-order valence-electron chi connectivity index (χ2n) is 3.87. The SMILES string of the molecule is COC(=O)C(C)C(C)Nc1ccc(Br)c(Cl)c1. The second-order valence-corrected chi connectivity index (χ2v) is 5.14. The normalized spacial score (nSPS) is 13.9. The maximum atomic E-state index is 11.4. The van der Waals surface area contributed by atoms with E-state index in [1.54, 1.807) is 0 Å². The molecule has 2 unspecified atom stereocenters. The zero-order valence-electron chi connectivity index (χ0n) is 9.96. The first-order valence-electron chi connectivity index (χ1n) is 5.25. The molecule has 0 radical (unpaired) electrons. The fourth-order valence-electron chi connectivity index (χ4n) is 1.36. The van der Waals surface area contributed by atoms with Gasteiger partial charge < -0.3 is 10.1 Å². The lowest BCUT2D eigenvalue weighted by Crippen LogP contribution is -2.30. The van der Waals surface area contributed by atoms with Gasteiger partial charge in [-0.25, -0.2) is 0 Å². The maximum Gasteiger partial charge on any atom is 0.310 e. The Hall–Kier alpha value is -0.740. The summed E-state index contributed by atoms with van der Waals surface area (Å²) in [7, 11) is 1.39. The van der Waals surface area contributed by atoms with Crippen molar-refractivity contribution in [3.63, 3.8) is 0 Å². The zero-order valence-corrected chi connectivity index (χ0v) is 12.3. The number of hydrogen-bond acceptors (Lipinski definition) is 3. The number of carbonyl (C=O) groups is 1. The van der Waals surface area contributed by atoms with Gasteiger partial charge in [-0.2, -0.15) is 0 Å². The minimum atomic E-state index is -0.229. The Morgan fingerprint density at radius 1 is 1.47 bits per heavy atom. The molecule has 0 aliphatic heterocycles. The first-order chi connectivity index (χ1) is 7.95. The maximum absolute atomic E-state index is 11.4. The molecule has 94 valence electrons. The monoisotopic (exact) mass is 319 g/mol. The van der Waals surface area contributed by atoms with Crippen molar-refractivity contribution in [3.05, 3.63) is 27.7 Å². The van der Waals surface area contributed by atoms with Crippen LogP contribution in [0.25, 0.3) is 0 Å². The summed E-state index contributed by atoms with van der Waals surface area (Å²) in [4.78, 5) is 11.4. The van der Waals surface area contributed by atoms with Crippen LogP contribution in [-0.4, -0.2) is 19.1 Å². The highest BCUT2D eigenvalue weighted by Gasteiger charge is 2.20. The summed E-state index contributed by atoms with van der Waals surface area (Å²) in [5.41, 5.74) is 0.876. The summed E-state index contributed by atoms with van der Waals surface area (Å²) in [6.07, 6.45) is 0. The number of methoxy groups -OCH3 is 1. The van der Waals surface area contributed by atoms with Gasteiger partial charge >= 0.3 is 5.97 Å². The van der Waals surface area contributed by atoms with Crippen molar-refractivity contribution >= 4 is 39.2 Å². The molecule has 0 saturated carbocycles. The number of benzene rings is 1. The van der Waals surface area contributed by atoms with Gasteiger partial charge in [-0.1, -0.05) is 11.6 Å².